The van der Waals surface area contributed by atoms with E-state index in [1.54, 1.807) is 7.11 Å². The number of benzene rings is 2. The van der Waals surface area contributed by atoms with Gasteiger partial charge >= 0.3 is 0 Å². The minimum atomic E-state index is -0.323. The maximum absolute atomic E-state index is 6.47. The highest BCUT2D eigenvalue weighted by atomic mass is 16.6. The molecule has 1 unspecified atom stereocenters. The third-order valence-corrected chi connectivity index (χ3v) is 3.65. The number of ether oxygens (including phenoxy) is 3. The van der Waals surface area contributed by atoms with E-state index in [1.165, 1.54) is 0 Å². The molecule has 0 saturated heterocycles. The Morgan fingerprint density at radius 2 is 1.90 bits per heavy atom. The van der Waals surface area contributed by atoms with Crippen LogP contribution in [0.3, 0.4) is 0 Å². The van der Waals surface area contributed by atoms with Gasteiger partial charge in [-0.05, 0) is 19.1 Å². The van der Waals surface area contributed by atoms with E-state index in [9.17, 15) is 0 Å². The molecule has 2 aromatic rings. The van der Waals surface area contributed by atoms with Crippen LogP contribution in [0.5, 0.6) is 17.2 Å². The fourth-order valence-electron chi connectivity index (χ4n) is 2.61. The molecule has 2 N–H and O–H groups in total. The lowest BCUT2D eigenvalue weighted by Gasteiger charge is -2.24. The van der Waals surface area contributed by atoms with Crippen molar-refractivity contribution in [3.8, 4) is 17.2 Å². The second-order valence-electron chi connectivity index (χ2n) is 5.09. The molecule has 1 atom stereocenters. The number of aryl methyl sites for hydroxylation is 1. The van der Waals surface area contributed by atoms with Crippen LogP contribution in [0.25, 0.3) is 0 Å². The van der Waals surface area contributed by atoms with Crippen molar-refractivity contribution in [1.29, 1.82) is 0 Å². The first-order chi connectivity index (χ1) is 10.2. The van der Waals surface area contributed by atoms with Gasteiger partial charge in [-0.25, -0.2) is 0 Å². The maximum Gasteiger partial charge on any atom is 0.166 e. The third-order valence-electron chi connectivity index (χ3n) is 3.65. The highest BCUT2D eigenvalue weighted by molar-refractivity contribution is 5.53. The van der Waals surface area contributed by atoms with Gasteiger partial charge in [0, 0.05) is 11.1 Å². The molecule has 1 heterocycles. The normalized spacial score (nSPS) is 14.6. The molecule has 0 aliphatic carbocycles. The number of hydrogen-bond donors (Lipinski definition) is 1. The van der Waals surface area contributed by atoms with Gasteiger partial charge in [0.1, 0.15) is 19.0 Å². The summed E-state index contributed by atoms with van der Waals surface area (Å²) in [5.41, 5.74) is 9.47. The number of rotatable bonds is 3. The number of methoxy groups -OCH3 is 1. The summed E-state index contributed by atoms with van der Waals surface area (Å²) in [7, 11) is 1.65. The zero-order valence-corrected chi connectivity index (χ0v) is 12.3. The van der Waals surface area contributed by atoms with Crippen LogP contribution in [0, 0.1) is 6.92 Å². The Hall–Kier alpha value is -2.20. The number of fused-ring (bicyclic) bond motifs is 1. The Labute approximate surface area is 124 Å². The minimum Gasteiger partial charge on any atom is -0.496 e. The molecule has 4 nitrogen and oxygen atoms in total. The van der Waals surface area contributed by atoms with Crippen LogP contribution in [0.2, 0.25) is 0 Å². The average Bonchev–Trinajstić information content (AvgIpc) is 2.53. The lowest BCUT2D eigenvalue weighted by molar-refractivity contribution is 0.169. The van der Waals surface area contributed by atoms with Gasteiger partial charge in [-0.2, -0.15) is 0 Å². The van der Waals surface area contributed by atoms with Gasteiger partial charge in [0.25, 0.3) is 0 Å². The molecule has 3 rings (SSSR count). The third kappa shape index (κ3) is 2.54. The quantitative estimate of drug-likeness (QED) is 0.942. The molecular formula is C17H19NO3. The van der Waals surface area contributed by atoms with Crippen molar-refractivity contribution in [3.63, 3.8) is 0 Å². The molecule has 0 fully saturated rings. The van der Waals surface area contributed by atoms with Crippen molar-refractivity contribution >= 4 is 0 Å². The van der Waals surface area contributed by atoms with E-state index >= 15 is 0 Å². The topological polar surface area (TPSA) is 53.7 Å². The molecule has 4 heteroatoms. The van der Waals surface area contributed by atoms with Crippen molar-refractivity contribution in [2.45, 2.75) is 13.0 Å². The fourth-order valence-corrected chi connectivity index (χ4v) is 2.61. The van der Waals surface area contributed by atoms with Gasteiger partial charge in [-0.3, -0.25) is 0 Å². The molecule has 110 valence electrons. The fraction of sp³-hybridized carbons (Fsp3) is 0.294. The van der Waals surface area contributed by atoms with E-state index in [1.807, 2.05) is 43.3 Å². The van der Waals surface area contributed by atoms with Crippen LogP contribution in [0.1, 0.15) is 22.7 Å². The predicted molar refractivity (Wildman–Crippen MR) is 81.2 cm³/mol. The van der Waals surface area contributed by atoms with Crippen LogP contribution in [0.15, 0.2) is 36.4 Å². The van der Waals surface area contributed by atoms with Gasteiger partial charge in [-0.15, -0.1) is 0 Å². The predicted octanol–water partition coefficient (Wildman–Crippen LogP) is 2.82. The number of para-hydroxylation sites is 1. The van der Waals surface area contributed by atoms with E-state index in [2.05, 4.69) is 0 Å². The molecule has 0 bridgehead atoms. The van der Waals surface area contributed by atoms with Crippen molar-refractivity contribution in [3.05, 3.63) is 53.1 Å². The monoisotopic (exact) mass is 285 g/mol. The smallest absolute Gasteiger partial charge is 0.166 e. The van der Waals surface area contributed by atoms with Crippen LogP contribution in [-0.4, -0.2) is 20.3 Å². The average molecular weight is 285 g/mol. The summed E-state index contributed by atoms with van der Waals surface area (Å²) in [5.74, 6) is 2.27. The summed E-state index contributed by atoms with van der Waals surface area (Å²) in [6.07, 6.45) is 0. The zero-order chi connectivity index (χ0) is 14.8. The van der Waals surface area contributed by atoms with E-state index in [0.717, 1.165) is 33.9 Å². The van der Waals surface area contributed by atoms with Crippen LogP contribution in [0.4, 0.5) is 0 Å². The van der Waals surface area contributed by atoms with Crippen molar-refractivity contribution in [2.75, 3.05) is 20.3 Å². The Morgan fingerprint density at radius 1 is 1.10 bits per heavy atom. The van der Waals surface area contributed by atoms with Gasteiger partial charge in [0.05, 0.1) is 13.2 Å². The minimum absolute atomic E-state index is 0.323. The SMILES string of the molecule is COc1ccc(C)cc1C(N)c1cccc2c1OCCO2. The number of nitrogens with two attached hydrogens (primary N) is 1. The first-order valence-corrected chi connectivity index (χ1v) is 6.99. The molecule has 0 radical (unpaired) electrons. The van der Waals surface area contributed by atoms with Crippen LogP contribution < -0.4 is 19.9 Å². The van der Waals surface area contributed by atoms with Crippen molar-refractivity contribution < 1.29 is 14.2 Å². The molecular weight excluding hydrogens is 266 g/mol. The molecule has 1 aliphatic heterocycles. The standard InChI is InChI=1S/C17H19NO3/c1-11-6-7-14(19-2)13(10-11)16(18)12-4-3-5-15-17(12)21-9-8-20-15/h3-7,10,16H,8-9,18H2,1-2H3. The Kier molecular flexibility index (Phi) is 3.71. The Morgan fingerprint density at radius 3 is 2.71 bits per heavy atom. The van der Waals surface area contributed by atoms with Crippen molar-refractivity contribution in [1.82, 2.24) is 0 Å². The Bertz CT molecular complexity index is 654. The zero-order valence-electron chi connectivity index (χ0n) is 12.3. The summed E-state index contributed by atoms with van der Waals surface area (Å²) in [5, 5.41) is 0. The number of hydrogen-bond acceptors (Lipinski definition) is 4. The van der Waals surface area contributed by atoms with Crippen molar-refractivity contribution in [2.24, 2.45) is 5.73 Å². The summed E-state index contributed by atoms with van der Waals surface area (Å²) in [4.78, 5) is 0. The van der Waals surface area contributed by atoms with Gasteiger partial charge in [0.15, 0.2) is 11.5 Å². The summed E-state index contributed by atoms with van der Waals surface area (Å²) in [6, 6.07) is 11.5. The molecule has 2 aromatic carbocycles. The molecule has 0 spiro atoms. The highest BCUT2D eigenvalue weighted by Gasteiger charge is 2.22. The molecule has 0 saturated carbocycles. The van der Waals surface area contributed by atoms with Crippen LogP contribution >= 0.6 is 0 Å². The van der Waals surface area contributed by atoms with E-state index in [-0.39, 0.29) is 6.04 Å². The molecule has 1 aliphatic rings. The first kappa shape index (κ1) is 13.8. The molecule has 0 aromatic heterocycles. The van der Waals surface area contributed by atoms with Gasteiger partial charge in [-0.1, -0.05) is 29.8 Å². The maximum atomic E-state index is 6.47. The van der Waals surface area contributed by atoms with E-state index < -0.39 is 0 Å². The summed E-state index contributed by atoms with van der Waals surface area (Å²) < 4.78 is 16.8. The summed E-state index contributed by atoms with van der Waals surface area (Å²) in [6.45, 7) is 3.15. The van der Waals surface area contributed by atoms with E-state index in [0.29, 0.717) is 13.2 Å². The highest BCUT2D eigenvalue weighted by Crippen LogP contribution is 2.40. The molecule has 0 amide bonds. The van der Waals surface area contributed by atoms with Gasteiger partial charge in [0.2, 0.25) is 0 Å². The second kappa shape index (κ2) is 5.66. The van der Waals surface area contributed by atoms with E-state index in [4.69, 9.17) is 19.9 Å². The lowest BCUT2D eigenvalue weighted by atomic mass is 9.96. The molecule has 21 heavy (non-hydrogen) atoms. The van der Waals surface area contributed by atoms with Gasteiger partial charge < -0.3 is 19.9 Å². The first-order valence-electron chi connectivity index (χ1n) is 6.99. The Balaban J connectivity index is 2.07. The second-order valence-corrected chi connectivity index (χ2v) is 5.09. The largest absolute Gasteiger partial charge is 0.496 e. The van der Waals surface area contributed by atoms with Crippen LogP contribution in [-0.2, 0) is 0 Å². The summed E-state index contributed by atoms with van der Waals surface area (Å²) >= 11 is 0. The lowest BCUT2D eigenvalue weighted by Crippen LogP contribution is -2.20.